The molecule has 1 atom stereocenters. The largest absolute Gasteiger partial charge is 0.507 e. The lowest BCUT2D eigenvalue weighted by molar-refractivity contribution is -0.132. The first-order valence-electron chi connectivity index (χ1n) is 9.05. The molecule has 0 aliphatic carbocycles. The molecule has 7 nitrogen and oxygen atoms in total. The van der Waals surface area contributed by atoms with E-state index in [9.17, 15) is 14.7 Å². The number of benzene rings is 2. The van der Waals surface area contributed by atoms with Gasteiger partial charge in [-0.2, -0.15) is 0 Å². The van der Waals surface area contributed by atoms with Gasteiger partial charge in [-0.1, -0.05) is 45.4 Å². The number of halogens is 1. The Kier molecular flexibility index (Phi) is 5.17. The number of ether oxygens (including phenoxy) is 1. The van der Waals surface area contributed by atoms with Crippen LogP contribution in [0.5, 0.6) is 5.75 Å². The molecule has 1 aliphatic rings. The third-order valence-electron chi connectivity index (χ3n) is 4.84. The Bertz CT molecular complexity index is 1170. The molecular formula is C22H17BrN2O5. The summed E-state index contributed by atoms with van der Waals surface area (Å²) in [6, 6.07) is 14.5. The lowest BCUT2D eigenvalue weighted by atomic mass is 9.95. The number of hydrogen-bond donors (Lipinski definition) is 1. The molecule has 0 radical (unpaired) electrons. The van der Waals surface area contributed by atoms with Crippen molar-refractivity contribution < 1.29 is 24.0 Å². The Morgan fingerprint density at radius 3 is 2.53 bits per heavy atom. The quantitative estimate of drug-likeness (QED) is 0.347. The number of Topliss-reactive ketones (excluding diaryl/α,β-unsaturated/α-hetero) is 1. The van der Waals surface area contributed by atoms with E-state index < -0.39 is 17.7 Å². The van der Waals surface area contributed by atoms with Crippen molar-refractivity contribution >= 4 is 39.2 Å². The second kappa shape index (κ2) is 7.79. The van der Waals surface area contributed by atoms with Crippen molar-refractivity contribution in [1.82, 2.24) is 5.16 Å². The van der Waals surface area contributed by atoms with Gasteiger partial charge in [0.2, 0.25) is 0 Å². The highest BCUT2D eigenvalue weighted by atomic mass is 79.9. The van der Waals surface area contributed by atoms with Crippen molar-refractivity contribution in [1.29, 1.82) is 0 Å². The third-order valence-corrected chi connectivity index (χ3v) is 5.36. The van der Waals surface area contributed by atoms with Gasteiger partial charge in [0.1, 0.15) is 17.3 Å². The summed E-state index contributed by atoms with van der Waals surface area (Å²) in [4.78, 5) is 27.2. The second-order valence-corrected chi connectivity index (χ2v) is 7.66. The number of aliphatic hydroxyl groups excluding tert-OH is 1. The Hall–Kier alpha value is -3.39. The van der Waals surface area contributed by atoms with E-state index in [2.05, 4.69) is 21.1 Å². The summed E-state index contributed by atoms with van der Waals surface area (Å²) in [5.74, 6) is -0.672. The van der Waals surface area contributed by atoms with Gasteiger partial charge in [-0.3, -0.25) is 14.5 Å². The number of rotatable bonds is 4. The van der Waals surface area contributed by atoms with E-state index in [0.29, 0.717) is 22.6 Å². The molecule has 1 amide bonds. The topological polar surface area (TPSA) is 92.9 Å². The maximum Gasteiger partial charge on any atom is 0.301 e. The molecule has 152 valence electrons. The Morgan fingerprint density at radius 1 is 1.17 bits per heavy atom. The molecule has 3 aromatic rings. The summed E-state index contributed by atoms with van der Waals surface area (Å²) in [7, 11) is 1.51. The monoisotopic (exact) mass is 468 g/mol. The van der Waals surface area contributed by atoms with E-state index in [4.69, 9.17) is 9.26 Å². The van der Waals surface area contributed by atoms with Crippen LogP contribution in [-0.4, -0.2) is 29.1 Å². The highest BCUT2D eigenvalue weighted by Gasteiger charge is 2.48. The molecule has 1 aliphatic heterocycles. The zero-order chi connectivity index (χ0) is 21.4. The average Bonchev–Trinajstić information content (AvgIpc) is 3.29. The first kappa shape index (κ1) is 19.9. The summed E-state index contributed by atoms with van der Waals surface area (Å²) >= 11 is 3.39. The van der Waals surface area contributed by atoms with Gasteiger partial charge in [-0.15, -0.1) is 0 Å². The molecule has 1 fully saturated rings. The van der Waals surface area contributed by atoms with Crippen molar-refractivity contribution in [2.45, 2.75) is 13.0 Å². The molecule has 8 heteroatoms. The minimum absolute atomic E-state index is 0.0313. The number of aliphatic hydroxyl groups is 1. The first-order valence-corrected chi connectivity index (χ1v) is 9.84. The summed E-state index contributed by atoms with van der Waals surface area (Å²) < 4.78 is 11.2. The Morgan fingerprint density at radius 2 is 1.90 bits per heavy atom. The van der Waals surface area contributed by atoms with Crippen LogP contribution in [0.2, 0.25) is 0 Å². The minimum Gasteiger partial charge on any atom is -0.507 e. The number of carbonyl (C=O) groups excluding carboxylic acids is 2. The lowest BCUT2D eigenvalue weighted by Gasteiger charge is -2.23. The van der Waals surface area contributed by atoms with Crippen molar-refractivity contribution in [3.63, 3.8) is 0 Å². The van der Waals surface area contributed by atoms with Gasteiger partial charge >= 0.3 is 5.91 Å². The summed E-state index contributed by atoms with van der Waals surface area (Å²) in [6.07, 6.45) is 0. The van der Waals surface area contributed by atoms with Crippen molar-refractivity contribution in [3.05, 3.63) is 81.5 Å². The number of ketones is 1. The first-order chi connectivity index (χ1) is 14.4. The molecule has 1 N–H and O–H groups in total. The predicted octanol–water partition coefficient (Wildman–Crippen LogP) is 4.38. The van der Waals surface area contributed by atoms with E-state index in [-0.39, 0.29) is 17.2 Å². The second-order valence-electron chi connectivity index (χ2n) is 6.75. The normalized spacial score (nSPS) is 18.1. The standard InChI is InChI=1S/C22H17BrN2O5/c1-12-10-17(24-30-12)25-19(13-6-8-15(23)9-7-13)18(21(27)22(25)28)20(26)14-4-3-5-16(11-14)29-2/h3-11,19,26H,1-2H3/b20-18+/t19-/m1/s1. The number of hydrogen-bond acceptors (Lipinski definition) is 6. The lowest BCUT2D eigenvalue weighted by Crippen LogP contribution is -2.29. The molecule has 2 heterocycles. The minimum atomic E-state index is -0.867. The summed E-state index contributed by atoms with van der Waals surface area (Å²) in [6.45, 7) is 1.69. The van der Waals surface area contributed by atoms with E-state index in [0.717, 1.165) is 4.47 Å². The third kappa shape index (κ3) is 3.39. The molecule has 1 saturated heterocycles. The van der Waals surface area contributed by atoms with Crippen LogP contribution in [0.15, 0.2) is 69.2 Å². The van der Waals surface area contributed by atoms with Gasteiger partial charge in [-0.05, 0) is 36.8 Å². The van der Waals surface area contributed by atoms with Gasteiger partial charge in [0.05, 0.1) is 18.7 Å². The number of aryl methyl sites for hydroxylation is 1. The molecule has 4 rings (SSSR count). The summed E-state index contributed by atoms with van der Waals surface area (Å²) in [5.41, 5.74) is 0.976. The maximum absolute atomic E-state index is 13.0. The van der Waals surface area contributed by atoms with E-state index in [1.807, 2.05) is 0 Å². The number of carbonyl (C=O) groups is 2. The fourth-order valence-corrected chi connectivity index (χ4v) is 3.69. The zero-order valence-electron chi connectivity index (χ0n) is 16.1. The van der Waals surface area contributed by atoms with E-state index in [1.54, 1.807) is 61.5 Å². The predicted molar refractivity (Wildman–Crippen MR) is 113 cm³/mol. The fourth-order valence-electron chi connectivity index (χ4n) is 3.42. The number of methoxy groups -OCH3 is 1. The van der Waals surface area contributed by atoms with Crippen LogP contribution in [0, 0.1) is 6.92 Å². The van der Waals surface area contributed by atoms with Crippen LogP contribution in [0.25, 0.3) is 5.76 Å². The number of aromatic nitrogens is 1. The van der Waals surface area contributed by atoms with Crippen LogP contribution in [0.3, 0.4) is 0 Å². The highest BCUT2D eigenvalue weighted by molar-refractivity contribution is 9.10. The number of nitrogens with zero attached hydrogens (tertiary/aromatic N) is 2. The fraction of sp³-hybridized carbons (Fsp3) is 0.136. The van der Waals surface area contributed by atoms with Gasteiger partial charge in [-0.25, -0.2) is 0 Å². The van der Waals surface area contributed by atoms with Gasteiger partial charge < -0.3 is 14.4 Å². The van der Waals surface area contributed by atoms with Crippen molar-refractivity contribution in [2.75, 3.05) is 12.0 Å². The van der Waals surface area contributed by atoms with Crippen molar-refractivity contribution in [3.8, 4) is 5.75 Å². The van der Waals surface area contributed by atoms with E-state index >= 15 is 0 Å². The highest BCUT2D eigenvalue weighted by Crippen LogP contribution is 2.42. The Labute approximate surface area is 180 Å². The molecule has 30 heavy (non-hydrogen) atoms. The van der Waals surface area contributed by atoms with E-state index in [1.165, 1.54) is 12.0 Å². The van der Waals surface area contributed by atoms with Crippen LogP contribution < -0.4 is 9.64 Å². The van der Waals surface area contributed by atoms with Crippen LogP contribution in [-0.2, 0) is 9.59 Å². The molecule has 0 spiro atoms. The zero-order valence-corrected chi connectivity index (χ0v) is 17.7. The summed E-state index contributed by atoms with van der Waals surface area (Å²) in [5, 5.41) is 15.0. The smallest absolute Gasteiger partial charge is 0.301 e. The van der Waals surface area contributed by atoms with Crippen LogP contribution >= 0.6 is 15.9 Å². The Balaban J connectivity index is 1.94. The number of anilines is 1. The molecular weight excluding hydrogens is 452 g/mol. The van der Waals surface area contributed by atoms with Gasteiger partial charge in [0, 0.05) is 16.1 Å². The van der Waals surface area contributed by atoms with Gasteiger partial charge in [0.15, 0.2) is 5.82 Å². The number of amides is 1. The van der Waals surface area contributed by atoms with Crippen LogP contribution in [0.1, 0.15) is 22.9 Å². The maximum atomic E-state index is 13.0. The molecule has 2 aromatic carbocycles. The molecule has 0 bridgehead atoms. The van der Waals surface area contributed by atoms with Gasteiger partial charge in [0.25, 0.3) is 5.78 Å². The van der Waals surface area contributed by atoms with Crippen molar-refractivity contribution in [2.24, 2.45) is 0 Å². The average molecular weight is 469 g/mol. The molecule has 0 unspecified atom stereocenters. The molecule has 1 aromatic heterocycles. The molecule has 0 saturated carbocycles. The SMILES string of the molecule is COc1cccc(/C(O)=C2\C(=O)C(=O)N(c3cc(C)on3)[C@@H]2c2ccc(Br)cc2)c1. The van der Waals surface area contributed by atoms with Crippen LogP contribution in [0.4, 0.5) is 5.82 Å².